The highest BCUT2D eigenvalue weighted by molar-refractivity contribution is 5.75. The van der Waals surface area contributed by atoms with Crippen molar-refractivity contribution in [3.8, 4) is 28.0 Å². The molecule has 0 fully saturated rings. The van der Waals surface area contributed by atoms with Crippen molar-refractivity contribution in [1.82, 2.24) is 0 Å². The van der Waals surface area contributed by atoms with Crippen molar-refractivity contribution in [1.29, 1.82) is 0 Å². The van der Waals surface area contributed by atoms with Crippen LogP contribution in [0.25, 0.3) is 40.5 Å². The van der Waals surface area contributed by atoms with Crippen molar-refractivity contribution in [3.63, 3.8) is 0 Å². The van der Waals surface area contributed by atoms with Crippen LogP contribution in [-0.4, -0.2) is 6.61 Å². The Bertz CT molecular complexity index is 1370. The predicted molar refractivity (Wildman–Crippen MR) is 138 cm³/mol. The SMILES string of the molecule is CC=Cc1ccc(-c2ccc(C=Cc3ccc(-c4ccc(OCC)c(F)c4)cc3)c(F)c2F)cc1. The van der Waals surface area contributed by atoms with Crippen molar-refractivity contribution in [2.45, 2.75) is 13.8 Å². The van der Waals surface area contributed by atoms with Gasteiger partial charge in [-0.25, -0.2) is 13.2 Å². The molecule has 0 radical (unpaired) electrons. The summed E-state index contributed by atoms with van der Waals surface area (Å²) in [6, 6.07) is 22.7. The molecule has 0 heterocycles. The van der Waals surface area contributed by atoms with Crippen LogP contribution >= 0.6 is 0 Å². The lowest BCUT2D eigenvalue weighted by molar-refractivity contribution is 0.321. The lowest BCUT2D eigenvalue weighted by atomic mass is 10.00. The molecule has 0 atom stereocenters. The van der Waals surface area contributed by atoms with Crippen LogP contribution in [0.3, 0.4) is 0 Å². The molecule has 0 saturated carbocycles. The first-order valence-corrected chi connectivity index (χ1v) is 11.4. The van der Waals surface area contributed by atoms with E-state index < -0.39 is 17.5 Å². The van der Waals surface area contributed by atoms with Gasteiger partial charge in [-0.3, -0.25) is 0 Å². The Balaban J connectivity index is 1.52. The van der Waals surface area contributed by atoms with Gasteiger partial charge < -0.3 is 4.74 Å². The number of hydrogen-bond donors (Lipinski definition) is 0. The van der Waals surface area contributed by atoms with Crippen LogP contribution in [0.4, 0.5) is 13.2 Å². The van der Waals surface area contributed by atoms with Crippen LogP contribution in [0.2, 0.25) is 0 Å². The summed E-state index contributed by atoms with van der Waals surface area (Å²) in [6.45, 7) is 4.12. The van der Waals surface area contributed by atoms with Gasteiger partial charge in [-0.05, 0) is 53.8 Å². The summed E-state index contributed by atoms with van der Waals surface area (Å²) in [7, 11) is 0. The molecule has 4 aromatic carbocycles. The van der Waals surface area contributed by atoms with Crippen LogP contribution in [0.15, 0.2) is 84.9 Å². The quantitative estimate of drug-likeness (QED) is 0.245. The fourth-order valence-corrected chi connectivity index (χ4v) is 3.81. The molecule has 0 aliphatic carbocycles. The molecule has 0 saturated heterocycles. The minimum atomic E-state index is -0.891. The third-order valence-electron chi connectivity index (χ3n) is 5.62. The summed E-state index contributed by atoms with van der Waals surface area (Å²) >= 11 is 0. The molecule has 35 heavy (non-hydrogen) atoms. The fourth-order valence-electron chi connectivity index (χ4n) is 3.81. The van der Waals surface area contributed by atoms with E-state index >= 15 is 0 Å². The van der Waals surface area contributed by atoms with Crippen molar-refractivity contribution < 1.29 is 17.9 Å². The molecule has 4 rings (SSSR count). The molecule has 0 aromatic heterocycles. The number of halogens is 3. The van der Waals surface area contributed by atoms with Crippen molar-refractivity contribution >= 4 is 18.2 Å². The Morgan fingerprint density at radius 3 is 1.91 bits per heavy atom. The molecular weight excluding hydrogens is 445 g/mol. The van der Waals surface area contributed by atoms with Gasteiger partial charge in [-0.1, -0.05) is 91.0 Å². The zero-order valence-corrected chi connectivity index (χ0v) is 19.6. The van der Waals surface area contributed by atoms with Gasteiger partial charge in [0.15, 0.2) is 23.2 Å². The molecular formula is C31H25F3O. The largest absolute Gasteiger partial charge is 0.491 e. The molecule has 0 spiro atoms. The highest BCUT2D eigenvalue weighted by Crippen LogP contribution is 2.29. The van der Waals surface area contributed by atoms with E-state index in [1.165, 1.54) is 6.07 Å². The summed E-state index contributed by atoms with van der Waals surface area (Å²) < 4.78 is 49.0. The molecule has 4 heteroatoms. The molecule has 0 aliphatic rings. The van der Waals surface area contributed by atoms with Gasteiger partial charge in [0.05, 0.1) is 6.61 Å². The zero-order valence-electron chi connectivity index (χ0n) is 19.6. The van der Waals surface area contributed by atoms with Gasteiger partial charge in [0.1, 0.15) is 0 Å². The summed E-state index contributed by atoms with van der Waals surface area (Å²) in [6.07, 6.45) is 7.12. The van der Waals surface area contributed by atoms with E-state index in [0.717, 1.165) is 22.3 Å². The van der Waals surface area contributed by atoms with E-state index in [-0.39, 0.29) is 16.9 Å². The van der Waals surface area contributed by atoms with Crippen molar-refractivity contribution in [2.24, 2.45) is 0 Å². The molecule has 0 N–H and O–H groups in total. The Morgan fingerprint density at radius 1 is 0.657 bits per heavy atom. The maximum Gasteiger partial charge on any atom is 0.167 e. The van der Waals surface area contributed by atoms with E-state index in [1.807, 2.05) is 55.5 Å². The first kappa shape index (κ1) is 24.1. The summed E-state index contributed by atoms with van der Waals surface area (Å²) in [5.74, 6) is -1.96. The topological polar surface area (TPSA) is 9.23 Å². The monoisotopic (exact) mass is 470 g/mol. The number of allylic oxidation sites excluding steroid dienone is 1. The Labute approximate surface area is 203 Å². The van der Waals surface area contributed by atoms with Crippen molar-refractivity contribution in [3.05, 3.63) is 119 Å². The number of hydrogen-bond acceptors (Lipinski definition) is 1. The average molecular weight is 471 g/mol. The Morgan fingerprint density at radius 2 is 1.29 bits per heavy atom. The maximum absolute atomic E-state index is 14.8. The van der Waals surface area contributed by atoms with Gasteiger partial charge in [-0.2, -0.15) is 0 Å². The van der Waals surface area contributed by atoms with Gasteiger partial charge >= 0.3 is 0 Å². The maximum atomic E-state index is 14.8. The van der Waals surface area contributed by atoms with Crippen LogP contribution in [0, 0.1) is 17.5 Å². The molecule has 0 aliphatic heterocycles. The van der Waals surface area contributed by atoms with Gasteiger partial charge in [0, 0.05) is 11.1 Å². The van der Waals surface area contributed by atoms with E-state index in [4.69, 9.17) is 4.74 Å². The van der Waals surface area contributed by atoms with E-state index in [9.17, 15) is 13.2 Å². The summed E-state index contributed by atoms with van der Waals surface area (Å²) in [5, 5.41) is 0. The Hall–Kier alpha value is -4.05. The minimum absolute atomic E-state index is 0.162. The zero-order chi connectivity index (χ0) is 24.8. The average Bonchev–Trinajstić information content (AvgIpc) is 2.87. The van der Waals surface area contributed by atoms with Crippen LogP contribution in [0.1, 0.15) is 30.5 Å². The van der Waals surface area contributed by atoms with E-state index in [1.54, 1.807) is 55.5 Å². The van der Waals surface area contributed by atoms with Crippen LogP contribution < -0.4 is 4.74 Å². The number of rotatable bonds is 7. The van der Waals surface area contributed by atoms with Crippen LogP contribution in [-0.2, 0) is 0 Å². The first-order valence-electron chi connectivity index (χ1n) is 11.4. The molecule has 0 bridgehead atoms. The normalized spacial score (nSPS) is 11.5. The highest BCUT2D eigenvalue weighted by atomic mass is 19.2. The second-order valence-electron chi connectivity index (χ2n) is 7.99. The third-order valence-corrected chi connectivity index (χ3v) is 5.62. The van der Waals surface area contributed by atoms with Gasteiger partial charge in [0.25, 0.3) is 0 Å². The first-order chi connectivity index (χ1) is 17.0. The standard InChI is InChI=1S/C31H25F3O/c1-3-5-21-8-13-24(14-9-21)27-18-16-25(30(33)31(27)34)15-10-22-6-11-23(12-7-22)26-17-19-29(35-4-2)28(32)20-26/h3,5-20H,4H2,1-2H3. The second-order valence-corrected chi connectivity index (χ2v) is 7.99. The molecule has 1 nitrogen and oxygen atoms in total. The molecule has 0 unspecified atom stereocenters. The molecule has 176 valence electrons. The molecule has 4 aromatic rings. The smallest absolute Gasteiger partial charge is 0.167 e. The number of ether oxygens (including phenoxy) is 1. The molecule has 0 amide bonds. The Kier molecular flexibility index (Phi) is 7.51. The summed E-state index contributed by atoms with van der Waals surface area (Å²) in [4.78, 5) is 0. The van der Waals surface area contributed by atoms with Crippen LogP contribution in [0.5, 0.6) is 5.75 Å². The lowest BCUT2D eigenvalue weighted by Gasteiger charge is -2.08. The lowest BCUT2D eigenvalue weighted by Crippen LogP contribution is -1.94. The minimum Gasteiger partial charge on any atom is -0.491 e. The highest BCUT2D eigenvalue weighted by Gasteiger charge is 2.13. The fraction of sp³-hybridized carbons (Fsp3) is 0.0968. The number of benzene rings is 4. The van der Waals surface area contributed by atoms with Gasteiger partial charge in [0.2, 0.25) is 0 Å². The second kappa shape index (κ2) is 10.9. The summed E-state index contributed by atoms with van der Waals surface area (Å²) in [5.41, 5.74) is 4.37. The van der Waals surface area contributed by atoms with Crippen molar-refractivity contribution in [2.75, 3.05) is 6.61 Å². The predicted octanol–water partition coefficient (Wildman–Crippen LogP) is 9.04. The third kappa shape index (κ3) is 5.55. The van der Waals surface area contributed by atoms with E-state index in [2.05, 4.69) is 0 Å². The van der Waals surface area contributed by atoms with Gasteiger partial charge in [-0.15, -0.1) is 0 Å². The van der Waals surface area contributed by atoms with E-state index in [0.29, 0.717) is 12.2 Å².